The van der Waals surface area contributed by atoms with Gasteiger partial charge >= 0.3 is 0 Å². The molecule has 1 N–H and O–H groups in total. The minimum Gasteiger partial charge on any atom is -0.317 e. The quantitative estimate of drug-likeness (QED) is 0.860. The summed E-state index contributed by atoms with van der Waals surface area (Å²) in [5.41, 5.74) is 0.731. The van der Waals surface area contributed by atoms with Gasteiger partial charge in [0.1, 0.15) is 11.6 Å². The van der Waals surface area contributed by atoms with E-state index in [4.69, 9.17) is 0 Å². The summed E-state index contributed by atoms with van der Waals surface area (Å²) < 4.78 is 26.9. The number of piperidine rings is 1. The van der Waals surface area contributed by atoms with Crippen molar-refractivity contribution in [3.05, 3.63) is 35.4 Å². The van der Waals surface area contributed by atoms with Crippen LogP contribution in [-0.2, 0) is 0 Å². The summed E-state index contributed by atoms with van der Waals surface area (Å²) in [6.07, 6.45) is 3.42. The molecular formula is C17H26F2N2. The predicted molar refractivity (Wildman–Crippen MR) is 82.2 cm³/mol. The van der Waals surface area contributed by atoms with Gasteiger partial charge in [-0.15, -0.1) is 0 Å². The van der Waals surface area contributed by atoms with E-state index < -0.39 is 11.6 Å². The Morgan fingerprint density at radius 2 is 1.81 bits per heavy atom. The van der Waals surface area contributed by atoms with Crippen LogP contribution >= 0.6 is 0 Å². The van der Waals surface area contributed by atoms with Gasteiger partial charge in [0, 0.05) is 18.7 Å². The maximum atomic E-state index is 13.4. The standard InChI is InChI=1S/C17H26F2N2/c1-3-8-21(12-14-4-6-20-7-5-14)13(2)15-9-16(18)11-17(19)10-15/h9-11,13-14,20H,3-8,12H2,1-2H3. The second kappa shape index (κ2) is 7.85. The van der Waals surface area contributed by atoms with Gasteiger partial charge in [-0.25, -0.2) is 8.78 Å². The average molecular weight is 296 g/mol. The number of halogens is 2. The molecule has 1 unspecified atom stereocenters. The van der Waals surface area contributed by atoms with Crippen LogP contribution in [0, 0.1) is 17.6 Å². The van der Waals surface area contributed by atoms with Gasteiger partial charge in [0.15, 0.2) is 0 Å². The van der Waals surface area contributed by atoms with Gasteiger partial charge in [0.2, 0.25) is 0 Å². The Hall–Kier alpha value is -1.00. The van der Waals surface area contributed by atoms with Gasteiger partial charge in [-0.2, -0.15) is 0 Å². The number of hydrogen-bond donors (Lipinski definition) is 1. The van der Waals surface area contributed by atoms with Crippen molar-refractivity contribution in [3.63, 3.8) is 0 Å². The van der Waals surface area contributed by atoms with E-state index in [0.29, 0.717) is 5.92 Å². The Labute approximate surface area is 126 Å². The molecule has 0 aromatic heterocycles. The lowest BCUT2D eigenvalue weighted by Crippen LogP contribution is -2.37. The van der Waals surface area contributed by atoms with Crippen LogP contribution in [0.3, 0.4) is 0 Å². The lowest BCUT2D eigenvalue weighted by molar-refractivity contribution is 0.160. The molecule has 1 saturated heterocycles. The largest absolute Gasteiger partial charge is 0.317 e. The molecule has 1 heterocycles. The van der Waals surface area contributed by atoms with Crippen molar-refractivity contribution in [2.45, 2.75) is 39.2 Å². The van der Waals surface area contributed by atoms with Crippen LogP contribution in [0.2, 0.25) is 0 Å². The molecule has 2 rings (SSSR count). The minimum absolute atomic E-state index is 0.0463. The summed E-state index contributed by atoms with van der Waals surface area (Å²) in [5, 5.41) is 3.38. The fourth-order valence-corrected chi connectivity index (χ4v) is 3.15. The molecule has 0 aliphatic carbocycles. The van der Waals surface area contributed by atoms with E-state index in [-0.39, 0.29) is 6.04 Å². The summed E-state index contributed by atoms with van der Waals surface area (Å²) in [5.74, 6) is -0.302. The summed E-state index contributed by atoms with van der Waals surface area (Å²) in [4.78, 5) is 2.37. The lowest BCUT2D eigenvalue weighted by atomic mass is 9.96. The molecule has 0 bridgehead atoms. The molecule has 2 nitrogen and oxygen atoms in total. The lowest BCUT2D eigenvalue weighted by Gasteiger charge is -2.34. The van der Waals surface area contributed by atoms with Gasteiger partial charge < -0.3 is 5.32 Å². The molecule has 1 aromatic carbocycles. The summed E-state index contributed by atoms with van der Waals surface area (Å²) >= 11 is 0. The van der Waals surface area contributed by atoms with Crippen LogP contribution in [0.5, 0.6) is 0 Å². The highest BCUT2D eigenvalue weighted by atomic mass is 19.1. The van der Waals surface area contributed by atoms with E-state index in [1.165, 1.54) is 25.0 Å². The van der Waals surface area contributed by atoms with Crippen LogP contribution in [0.15, 0.2) is 18.2 Å². The highest BCUT2D eigenvalue weighted by Crippen LogP contribution is 2.25. The molecule has 21 heavy (non-hydrogen) atoms. The Balaban J connectivity index is 2.08. The number of nitrogens with zero attached hydrogens (tertiary/aromatic N) is 1. The number of rotatable bonds is 6. The second-order valence-corrected chi connectivity index (χ2v) is 6.07. The molecule has 0 amide bonds. The SMILES string of the molecule is CCCN(CC1CCNCC1)C(C)c1cc(F)cc(F)c1. The van der Waals surface area contributed by atoms with Crippen molar-refractivity contribution >= 4 is 0 Å². The second-order valence-electron chi connectivity index (χ2n) is 6.07. The van der Waals surface area contributed by atoms with E-state index in [9.17, 15) is 8.78 Å². The molecule has 118 valence electrons. The first kappa shape index (κ1) is 16.4. The van der Waals surface area contributed by atoms with E-state index in [0.717, 1.165) is 44.2 Å². The molecule has 0 saturated carbocycles. The Morgan fingerprint density at radius 3 is 2.38 bits per heavy atom. The van der Waals surface area contributed by atoms with Crippen molar-refractivity contribution in [1.82, 2.24) is 10.2 Å². The first-order valence-corrected chi connectivity index (χ1v) is 8.01. The smallest absolute Gasteiger partial charge is 0.126 e. The van der Waals surface area contributed by atoms with Gasteiger partial charge in [-0.1, -0.05) is 6.92 Å². The van der Waals surface area contributed by atoms with Crippen molar-refractivity contribution < 1.29 is 8.78 Å². The maximum absolute atomic E-state index is 13.4. The summed E-state index contributed by atoms with van der Waals surface area (Å²) in [6.45, 7) is 8.32. The van der Waals surface area contributed by atoms with Crippen LogP contribution in [0.25, 0.3) is 0 Å². The first-order valence-electron chi connectivity index (χ1n) is 8.01. The highest BCUT2D eigenvalue weighted by Gasteiger charge is 2.21. The minimum atomic E-state index is -0.491. The third-order valence-corrected chi connectivity index (χ3v) is 4.38. The van der Waals surface area contributed by atoms with Crippen molar-refractivity contribution in [1.29, 1.82) is 0 Å². The highest BCUT2D eigenvalue weighted by molar-refractivity contribution is 5.21. The Bertz CT molecular complexity index is 424. The van der Waals surface area contributed by atoms with E-state index in [1.54, 1.807) is 0 Å². The number of hydrogen-bond acceptors (Lipinski definition) is 2. The molecule has 1 aliphatic heterocycles. The monoisotopic (exact) mass is 296 g/mol. The van der Waals surface area contributed by atoms with Gasteiger partial charge in [0.05, 0.1) is 0 Å². The average Bonchev–Trinajstić information content (AvgIpc) is 2.46. The molecule has 1 atom stereocenters. The third-order valence-electron chi connectivity index (χ3n) is 4.38. The fraction of sp³-hybridized carbons (Fsp3) is 0.647. The fourth-order valence-electron chi connectivity index (χ4n) is 3.15. The topological polar surface area (TPSA) is 15.3 Å². The Kier molecular flexibility index (Phi) is 6.12. The molecule has 1 aliphatic rings. The van der Waals surface area contributed by atoms with Crippen LogP contribution < -0.4 is 5.32 Å². The number of benzene rings is 1. The van der Waals surface area contributed by atoms with Gasteiger partial charge in [-0.05, 0) is 69.4 Å². The van der Waals surface area contributed by atoms with Crippen LogP contribution in [-0.4, -0.2) is 31.1 Å². The third kappa shape index (κ3) is 4.75. The summed E-state index contributed by atoms with van der Waals surface area (Å²) in [7, 11) is 0. The molecule has 1 aromatic rings. The van der Waals surface area contributed by atoms with Gasteiger partial charge in [-0.3, -0.25) is 4.90 Å². The molecule has 4 heteroatoms. The molecule has 0 radical (unpaired) electrons. The zero-order valence-electron chi connectivity index (χ0n) is 13.0. The van der Waals surface area contributed by atoms with Crippen LogP contribution in [0.4, 0.5) is 8.78 Å². The van der Waals surface area contributed by atoms with Gasteiger partial charge in [0.25, 0.3) is 0 Å². The zero-order chi connectivity index (χ0) is 15.2. The van der Waals surface area contributed by atoms with Crippen LogP contribution in [0.1, 0.15) is 44.7 Å². The molecule has 0 spiro atoms. The molecular weight excluding hydrogens is 270 g/mol. The van der Waals surface area contributed by atoms with Crippen molar-refractivity contribution in [2.24, 2.45) is 5.92 Å². The number of nitrogens with one attached hydrogen (secondary N) is 1. The first-order chi connectivity index (χ1) is 10.1. The normalized spacial score (nSPS) is 18.1. The van der Waals surface area contributed by atoms with Crippen molar-refractivity contribution in [3.8, 4) is 0 Å². The van der Waals surface area contributed by atoms with E-state index in [1.807, 2.05) is 6.92 Å². The maximum Gasteiger partial charge on any atom is 0.126 e. The predicted octanol–water partition coefficient (Wildman–Crippen LogP) is 3.74. The van der Waals surface area contributed by atoms with Crippen molar-refractivity contribution in [2.75, 3.05) is 26.2 Å². The Morgan fingerprint density at radius 1 is 1.19 bits per heavy atom. The zero-order valence-corrected chi connectivity index (χ0v) is 13.0. The summed E-state index contributed by atoms with van der Waals surface area (Å²) in [6, 6.07) is 3.90. The van der Waals surface area contributed by atoms with E-state index in [2.05, 4.69) is 17.1 Å². The van der Waals surface area contributed by atoms with E-state index >= 15 is 0 Å². The molecule has 1 fully saturated rings.